The van der Waals surface area contributed by atoms with E-state index in [0.29, 0.717) is 0 Å². The molecule has 2 aromatic carbocycles. The van der Waals surface area contributed by atoms with Gasteiger partial charge < -0.3 is 10.6 Å². The first-order valence-electron chi connectivity index (χ1n) is 7.98. The summed E-state index contributed by atoms with van der Waals surface area (Å²) in [5, 5.41) is 24.0. The smallest absolute Gasteiger partial charge is 0.269 e. The molecule has 2 aromatic rings. The minimum atomic E-state index is -0.528. The molecular formula is C18H21N5O2. The summed E-state index contributed by atoms with van der Waals surface area (Å²) >= 11 is 0. The van der Waals surface area contributed by atoms with E-state index in [2.05, 4.69) is 33.4 Å². The van der Waals surface area contributed by atoms with Gasteiger partial charge in [-0.25, -0.2) is 0 Å². The predicted octanol–water partition coefficient (Wildman–Crippen LogP) is 2.34. The van der Waals surface area contributed by atoms with E-state index in [0.717, 1.165) is 28.1 Å². The highest BCUT2D eigenvalue weighted by Crippen LogP contribution is 2.34. The highest BCUT2D eigenvalue weighted by atomic mass is 16.6. The van der Waals surface area contributed by atoms with Gasteiger partial charge in [0.05, 0.1) is 4.92 Å². The lowest BCUT2D eigenvalue weighted by Gasteiger charge is -2.37. The van der Waals surface area contributed by atoms with Gasteiger partial charge in [-0.05, 0) is 55.6 Å². The SMILES string of the molecule is CNC1=CC(NC)(NC)Nc2ccc(-c3ccc([N+](=O)[O-])cc3)cc21. The molecule has 25 heavy (non-hydrogen) atoms. The van der Waals surface area contributed by atoms with Gasteiger partial charge in [0.1, 0.15) is 0 Å². The van der Waals surface area contributed by atoms with E-state index >= 15 is 0 Å². The van der Waals surface area contributed by atoms with E-state index in [1.165, 1.54) is 12.1 Å². The Bertz CT molecular complexity index is 826. The summed E-state index contributed by atoms with van der Waals surface area (Å²) in [5.74, 6) is -0.528. The molecule has 0 radical (unpaired) electrons. The summed E-state index contributed by atoms with van der Waals surface area (Å²) in [6, 6.07) is 12.7. The first-order valence-corrected chi connectivity index (χ1v) is 7.98. The van der Waals surface area contributed by atoms with Crippen LogP contribution in [0.15, 0.2) is 48.5 Å². The lowest BCUT2D eigenvalue weighted by Crippen LogP contribution is -2.60. The molecule has 0 atom stereocenters. The lowest BCUT2D eigenvalue weighted by molar-refractivity contribution is -0.384. The van der Waals surface area contributed by atoms with Crippen LogP contribution in [0.3, 0.4) is 0 Å². The number of rotatable bonds is 5. The number of fused-ring (bicyclic) bond motifs is 1. The van der Waals surface area contributed by atoms with Crippen LogP contribution in [0.5, 0.6) is 0 Å². The Morgan fingerprint density at radius 3 is 2.20 bits per heavy atom. The minimum absolute atomic E-state index is 0.0898. The molecule has 130 valence electrons. The highest BCUT2D eigenvalue weighted by molar-refractivity contribution is 5.83. The fraction of sp³-hybridized carbons (Fsp3) is 0.222. The predicted molar refractivity (Wildman–Crippen MR) is 100 cm³/mol. The lowest BCUT2D eigenvalue weighted by atomic mass is 9.96. The summed E-state index contributed by atoms with van der Waals surface area (Å²) < 4.78 is 0. The van der Waals surface area contributed by atoms with Gasteiger partial charge in [-0.3, -0.25) is 20.7 Å². The van der Waals surface area contributed by atoms with Crippen molar-refractivity contribution in [3.05, 3.63) is 64.2 Å². The van der Waals surface area contributed by atoms with Crippen LogP contribution < -0.4 is 21.3 Å². The summed E-state index contributed by atoms with van der Waals surface area (Å²) in [6.07, 6.45) is 2.05. The molecule has 4 N–H and O–H groups in total. The van der Waals surface area contributed by atoms with Crippen molar-refractivity contribution < 1.29 is 4.92 Å². The fourth-order valence-corrected chi connectivity index (χ4v) is 2.98. The molecule has 3 rings (SSSR count). The molecule has 0 aromatic heterocycles. The monoisotopic (exact) mass is 339 g/mol. The van der Waals surface area contributed by atoms with Gasteiger partial charge in [0.15, 0.2) is 5.79 Å². The molecule has 0 unspecified atom stereocenters. The standard InChI is InChI=1S/C18H21N5O2/c1-19-17-11-18(20-2,21-3)22-16-9-6-13(10-15(16)17)12-4-7-14(8-5-12)23(24)25/h4-11,19-22H,1-3H3. The van der Waals surface area contributed by atoms with Gasteiger partial charge in [0.2, 0.25) is 0 Å². The fourth-order valence-electron chi connectivity index (χ4n) is 2.98. The molecule has 7 nitrogen and oxygen atoms in total. The van der Waals surface area contributed by atoms with Gasteiger partial charge in [-0.15, -0.1) is 0 Å². The van der Waals surface area contributed by atoms with Crippen LogP contribution in [0.25, 0.3) is 16.8 Å². The molecule has 0 amide bonds. The quantitative estimate of drug-likeness (QED) is 0.380. The summed E-state index contributed by atoms with van der Waals surface area (Å²) in [6.45, 7) is 0. The average molecular weight is 339 g/mol. The first kappa shape index (κ1) is 16.9. The van der Waals surface area contributed by atoms with Crippen LogP contribution in [-0.4, -0.2) is 31.9 Å². The third kappa shape index (κ3) is 3.07. The Morgan fingerprint density at radius 1 is 1.00 bits per heavy atom. The molecule has 0 aliphatic carbocycles. The molecule has 0 fully saturated rings. The summed E-state index contributed by atoms with van der Waals surface area (Å²) in [5.41, 5.74) is 5.04. The molecular weight excluding hydrogens is 318 g/mol. The maximum atomic E-state index is 10.8. The Balaban J connectivity index is 2.02. The van der Waals surface area contributed by atoms with Crippen LogP contribution >= 0.6 is 0 Å². The van der Waals surface area contributed by atoms with Gasteiger partial charge in [0, 0.05) is 36.1 Å². The zero-order chi connectivity index (χ0) is 18.0. The van der Waals surface area contributed by atoms with Crippen LogP contribution in [0.1, 0.15) is 5.56 Å². The number of non-ortho nitro benzene ring substituents is 1. The van der Waals surface area contributed by atoms with Crippen molar-refractivity contribution in [2.75, 3.05) is 26.5 Å². The number of nitro groups is 1. The number of likely N-dealkylation sites (N-methyl/N-ethyl adjacent to an activating group) is 2. The number of nitrogens with one attached hydrogen (secondary N) is 4. The maximum absolute atomic E-state index is 10.8. The zero-order valence-corrected chi connectivity index (χ0v) is 14.4. The first-order chi connectivity index (χ1) is 12.0. The molecule has 0 spiro atoms. The normalized spacial score (nSPS) is 14.9. The van der Waals surface area contributed by atoms with Gasteiger partial charge in [-0.1, -0.05) is 6.07 Å². The minimum Gasteiger partial charge on any atom is -0.388 e. The molecule has 1 aliphatic rings. The third-order valence-electron chi connectivity index (χ3n) is 4.47. The van der Waals surface area contributed by atoms with Gasteiger partial charge in [-0.2, -0.15) is 0 Å². The Hall–Kier alpha value is -2.90. The van der Waals surface area contributed by atoms with Crippen LogP contribution in [0.2, 0.25) is 0 Å². The highest BCUT2D eigenvalue weighted by Gasteiger charge is 2.30. The van der Waals surface area contributed by atoms with E-state index < -0.39 is 10.7 Å². The van der Waals surface area contributed by atoms with Crippen molar-refractivity contribution in [1.29, 1.82) is 0 Å². The Morgan fingerprint density at radius 2 is 1.64 bits per heavy atom. The van der Waals surface area contributed by atoms with Gasteiger partial charge >= 0.3 is 0 Å². The second kappa shape index (κ2) is 6.54. The molecule has 1 aliphatic heterocycles. The molecule has 0 saturated carbocycles. The second-order valence-corrected chi connectivity index (χ2v) is 5.81. The third-order valence-corrected chi connectivity index (χ3v) is 4.47. The van der Waals surface area contributed by atoms with E-state index in [-0.39, 0.29) is 5.69 Å². The van der Waals surface area contributed by atoms with E-state index in [9.17, 15) is 10.1 Å². The number of benzene rings is 2. The van der Waals surface area contributed by atoms with Crippen LogP contribution in [0.4, 0.5) is 11.4 Å². The number of nitro benzene ring substituents is 1. The second-order valence-electron chi connectivity index (χ2n) is 5.81. The molecule has 1 heterocycles. The molecule has 0 bridgehead atoms. The van der Waals surface area contributed by atoms with Crippen molar-refractivity contribution in [2.45, 2.75) is 5.79 Å². The van der Waals surface area contributed by atoms with Crippen molar-refractivity contribution in [1.82, 2.24) is 16.0 Å². The van der Waals surface area contributed by atoms with E-state index in [1.807, 2.05) is 33.3 Å². The van der Waals surface area contributed by atoms with E-state index in [4.69, 9.17) is 0 Å². The Kier molecular flexibility index (Phi) is 4.43. The van der Waals surface area contributed by atoms with Crippen LogP contribution in [-0.2, 0) is 0 Å². The number of hydrogen-bond acceptors (Lipinski definition) is 6. The van der Waals surface area contributed by atoms with Crippen molar-refractivity contribution in [3.8, 4) is 11.1 Å². The number of anilines is 1. The topological polar surface area (TPSA) is 91.3 Å². The summed E-state index contributed by atoms with van der Waals surface area (Å²) in [4.78, 5) is 10.4. The van der Waals surface area contributed by atoms with Gasteiger partial charge in [0.25, 0.3) is 5.69 Å². The largest absolute Gasteiger partial charge is 0.388 e. The number of hydrogen-bond donors (Lipinski definition) is 4. The van der Waals surface area contributed by atoms with Crippen molar-refractivity contribution in [2.24, 2.45) is 0 Å². The zero-order valence-electron chi connectivity index (χ0n) is 14.4. The average Bonchev–Trinajstić information content (AvgIpc) is 2.66. The molecule has 0 saturated heterocycles. The maximum Gasteiger partial charge on any atom is 0.269 e. The van der Waals surface area contributed by atoms with Crippen molar-refractivity contribution >= 4 is 17.1 Å². The summed E-state index contributed by atoms with van der Waals surface area (Å²) in [7, 11) is 5.64. The van der Waals surface area contributed by atoms with Crippen LogP contribution in [0, 0.1) is 10.1 Å². The van der Waals surface area contributed by atoms with E-state index in [1.54, 1.807) is 12.1 Å². The molecule has 7 heteroatoms. The Labute approximate surface area is 146 Å². The number of nitrogens with zero attached hydrogens (tertiary/aromatic N) is 1. The van der Waals surface area contributed by atoms with Crippen molar-refractivity contribution in [3.63, 3.8) is 0 Å².